The average molecular weight is 353 g/mol. The summed E-state index contributed by atoms with van der Waals surface area (Å²) >= 11 is 0. The van der Waals surface area contributed by atoms with Crippen molar-refractivity contribution < 1.29 is 13.2 Å². The molecule has 0 aliphatic carbocycles. The fourth-order valence-corrected chi connectivity index (χ4v) is 4.80. The lowest BCUT2D eigenvalue weighted by molar-refractivity contribution is -0.0779. The molecule has 3 rings (SSSR count). The molecule has 1 aromatic carbocycles. The number of benzene rings is 1. The van der Waals surface area contributed by atoms with Crippen molar-refractivity contribution in [3.63, 3.8) is 0 Å². The van der Waals surface area contributed by atoms with E-state index < -0.39 is 10.0 Å². The van der Waals surface area contributed by atoms with Crippen LogP contribution >= 0.6 is 0 Å². The molecule has 2 aliphatic rings. The highest BCUT2D eigenvalue weighted by Crippen LogP contribution is 2.35. The third-order valence-electron chi connectivity index (χ3n) is 5.17. The smallest absolute Gasteiger partial charge is 0.208 e. The van der Waals surface area contributed by atoms with Gasteiger partial charge in [-0.15, -0.1) is 0 Å². The molecule has 2 aliphatic heterocycles. The van der Waals surface area contributed by atoms with E-state index in [0.717, 1.165) is 38.9 Å². The van der Waals surface area contributed by atoms with Crippen LogP contribution in [0.25, 0.3) is 0 Å². The quantitative estimate of drug-likeness (QED) is 0.900. The van der Waals surface area contributed by atoms with Gasteiger partial charge < -0.3 is 4.74 Å². The van der Waals surface area contributed by atoms with Gasteiger partial charge >= 0.3 is 0 Å². The summed E-state index contributed by atoms with van der Waals surface area (Å²) in [4.78, 5) is 2.44. The summed E-state index contributed by atoms with van der Waals surface area (Å²) in [6.45, 7) is 7.72. The molecule has 1 aromatic rings. The van der Waals surface area contributed by atoms with Crippen molar-refractivity contribution in [2.24, 2.45) is 0 Å². The maximum Gasteiger partial charge on any atom is 0.208 e. The van der Waals surface area contributed by atoms with E-state index in [2.05, 4.69) is 41.7 Å². The summed E-state index contributed by atoms with van der Waals surface area (Å²) in [5.74, 6) is 0. The van der Waals surface area contributed by atoms with Crippen molar-refractivity contribution in [2.45, 2.75) is 51.3 Å². The maximum absolute atomic E-state index is 11.5. The van der Waals surface area contributed by atoms with Crippen LogP contribution in [0.3, 0.4) is 0 Å². The van der Waals surface area contributed by atoms with Crippen molar-refractivity contribution in [1.82, 2.24) is 9.62 Å². The fourth-order valence-electron chi connectivity index (χ4n) is 3.99. The zero-order chi connectivity index (χ0) is 17.4. The fraction of sp³-hybridized carbons (Fsp3) is 0.667. The summed E-state index contributed by atoms with van der Waals surface area (Å²) in [6, 6.07) is 6.58. The van der Waals surface area contributed by atoms with Crippen LogP contribution in [0, 0.1) is 13.8 Å². The lowest BCUT2D eigenvalue weighted by Crippen LogP contribution is -2.49. The molecule has 2 saturated heterocycles. The van der Waals surface area contributed by atoms with Crippen LogP contribution in [-0.2, 0) is 21.3 Å². The third kappa shape index (κ3) is 4.36. The Kier molecular flexibility index (Phi) is 5.02. The van der Waals surface area contributed by atoms with Crippen LogP contribution in [-0.4, -0.2) is 50.9 Å². The van der Waals surface area contributed by atoms with Gasteiger partial charge in [0.15, 0.2) is 0 Å². The average Bonchev–Trinajstić information content (AvgIpc) is 2.83. The molecule has 5 nitrogen and oxygen atoms in total. The highest BCUT2D eigenvalue weighted by Gasteiger charge is 2.43. The van der Waals surface area contributed by atoms with Gasteiger partial charge in [0.05, 0.1) is 11.9 Å². The lowest BCUT2D eigenvalue weighted by Gasteiger charge is -2.38. The van der Waals surface area contributed by atoms with Crippen molar-refractivity contribution in [3.8, 4) is 0 Å². The standard InChI is InChI=1S/C18H28N2O3S/c1-14-4-5-15(2)16(10-14)12-20-8-7-18(13-20)11-17(6-9-23-18)19-24(3,21)22/h4-5,10,17,19H,6-9,11-13H2,1-3H3/t17-,18-/m1/s1. The van der Waals surface area contributed by atoms with Crippen LogP contribution in [0.15, 0.2) is 18.2 Å². The number of hydrogen-bond donors (Lipinski definition) is 1. The Morgan fingerprint density at radius 2 is 2.17 bits per heavy atom. The monoisotopic (exact) mass is 352 g/mol. The number of hydrogen-bond acceptors (Lipinski definition) is 4. The van der Waals surface area contributed by atoms with E-state index in [0.29, 0.717) is 6.61 Å². The van der Waals surface area contributed by atoms with Crippen molar-refractivity contribution in [3.05, 3.63) is 34.9 Å². The second-order valence-corrected chi connectivity index (χ2v) is 9.28. The Balaban J connectivity index is 1.64. The van der Waals surface area contributed by atoms with Crippen molar-refractivity contribution in [2.75, 3.05) is 26.0 Å². The summed E-state index contributed by atoms with van der Waals surface area (Å²) in [7, 11) is -3.16. The van der Waals surface area contributed by atoms with E-state index in [1.165, 1.54) is 22.9 Å². The highest BCUT2D eigenvalue weighted by molar-refractivity contribution is 7.88. The lowest BCUT2D eigenvalue weighted by atomic mass is 9.90. The van der Waals surface area contributed by atoms with Crippen LogP contribution in [0.1, 0.15) is 36.0 Å². The Bertz CT molecular complexity index is 704. The molecule has 2 fully saturated rings. The predicted octanol–water partition coefficient (Wildman–Crippen LogP) is 1.98. The SMILES string of the molecule is Cc1ccc(C)c(CN2CC[C@@]3(C[C@H](NS(C)(=O)=O)CCO3)C2)c1. The minimum atomic E-state index is -3.16. The van der Waals surface area contributed by atoms with E-state index in [1.807, 2.05) is 0 Å². The molecular formula is C18H28N2O3S. The van der Waals surface area contributed by atoms with Crippen molar-refractivity contribution in [1.29, 1.82) is 0 Å². The van der Waals surface area contributed by atoms with E-state index in [1.54, 1.807) is 0 Å². The van der Waals surface area contributed by atoms with E-state index >= 15 is 0 Å². The van der Waals surface area contributed by atoms with Gasteiger partial charge in [0.25, 0.3) is 0 Å². The molecule has 0 bridgehead atoms. The largest absolute Gasteiger partial charge is 0.373 e. The molecular weight excluding hydrogens is 324 g/mol. The summed E-state index contributed by atoms with van der Waals surface area (Å²) in [6.07, 6.45) is 3.73. The van der Waals surface area contributed by atoms with Gasteiger partial charge in [-0.2, -0.15) is 0 Å². The second kappa shape index (κ2) is 6.75. The van der Waals surface area contributed by atoms with Gasteiger partial charge in [-0.05, 0) is 44.2 Å². The normalized spacial score (nSPS) is 28.5. The van der Waals surface area contributed by atoms with E-state index in [4.69, 9.17) is 4.74 Å². The van der Waals surface area contributed by atoms with Crippen molar-refractivity contribution >= 4 is 10.0 Å². The minimum absolute atomic E-state index is 0.00518. The molecule has 0 unspecified atom stereocenters. The van der Waals surface area contributed by atoms with E-state index in [-0.39, 0.29) is 11.6 Å². The molecule has 1 spiro atoms. The van der Waals surface area contributed by atoms with Gasteiger partial charge in [0.1, 0.15) is 0 Å². The van der Waals surface area contributed by atoms with Crippen LogP contribution in [0.5, 0.6) is 0 Å². The Morgan fingerprint density at radius 3 is 2.92 bits per heavy atom. The van der Waals surface area contributed by atoms with Gasteiger partial charge in [0, 0.05) is 32.3 Å². The van der Waals surface area contributed by atoms with Crippen LogP contribution < -0.4 is 4.72 Å². The van der Waals surface area contributed by atoms with Gasteiger partial charge in [-0.25, -0.2) is 13.1 Å². The van der Waals surface area contributed by atoms with E-state index in [9.17, 15) is 8.42 Å². The second-order valence-electron chi connectivity index (χ2n) is 7.50. The number of aryl methyl sites for hydroxylation is 2. The number of rotatable bonds is 4. The number of likely N-dealkylation sites (tertiary alicyclic amines) is 1. The summed E-state index contributed by atoms with van der Waals surface area (Å²) < 4.78 is 31.9. The third-order valence-corrected chi connectivity index (χ3v) is 5.93. The molecule has 0 radical (unpaired) electrons. The molecule has 0 aromatic heterocycles. The first-order valence-electron chi connectivity index (χ1n) is 8.64. The Hall–Kier alpha value is -0.950. The molecule has 0 saturated carbocycles. The Morgan fingerprint density at radius 1 is 1.38 bits per heavy atom. The molecule has 0 amide bonds. The summed E-state index contributed by atoms with van der Waals surface area (Å²) in [5.41, 5.74) is 3.78. The van der Waals surface area contributed by atoms with Crippen LogP contribution in [0.2, 0.25) is 0 Å². The highest BCUT2D eigenvalue weighted by atomic mass is 32.2. The Labute approximate surface area is 145 Å². The number of ether oxygens (including phenoxy) is 1. The first kappa shape index (κ1) is 17.9. The first-order chi connectivity index (χ1) is 11.2. The predicted molar refractivity (Wildman–Crippen MR) is 95.5 cm³/mol. The summed E-state index contributed by atoms with van der Waals surface area (Å²) in [5, 5.41) is 0. The number of sulfonamides is 1. The maximum atomic E-state index is 11.5. The molecule has 6 heteroatoms. The first-order valence-corrected chi connectivity index (χ1v) is 10.5. The molecule has 1 N–H and O–H groups in total. The molecule has 2 heterocycles. The molecule has 24 heavy (non-hydrogen) atoms. The van der Waals surface area contributed by atoms with Gasteiger partial charge in [-0.1, -0.05) is 23.8 Å². The zero-order valence-corrected chi connectivity index (χ0v) is 15.7. The van der Waals surface area contributed by atoms with Gasteiger partial charge in [-0.3, -0.25) is 4.90 Å². The van der Waals surface area contributed by atoms with Crippen LogP contribution in [0.4, 0.5) is 0 Å². The number of nitrogens with one attached hydrogen (secondary N) is 1. The molecule has 134 valence electrons. The minimum Gasteiger partial charge on any atom is -0.373 e. The number of nitrogens with zero attached hydrogens (tertiary/aromatic N) is 1. The molecule has 2 atom stereocenters. The topological polar surface area (TPSA) is 58.6 Å². The zero-order valence-electron chi connectivity index (χ0n) is 14.8. The van der Waals surface area contributed by atoms with Gasteiger partial charge in [0.2, 0.25) is 10.0 Å².